The zero-order chi connectivity index (χ0) is 14.4. The molecule has 0 aliphatic carbocycles. The van der Waals surface area contributed by atoms with Gasteiger partial charge in [0.25, 0.3) is 0 Å². The number of nitrogens with one attached hydrogen (secondary N) is 1. The van der Waals surface area contributed by atoms with Gasteiger partial charge in [-0.25, -0.2) is 4.39 Å². The first-order valence-electron chi connectivity index (χ1n) is 7.28. The van der Waals surface area contributed by atoms with Gasteiger partial charge in [0.1, 0.15) is 5.82 Å². The highest BCUT2D eigenvalue weighted by atomic mass is 127. The van der Waals surface area contributed by atoms with Crippen LogP contribution in [0, 0.1) is 5.82 Å². The summed E-state index contributed by atoms with van der Waals surface area (Å²) in [5.41, 5.74) is 1.09. The van der Waals surface area contributed by atoms with Crippen molar-refractivity contribution in [1.29, 1.82) is 0 Å². The quantitative estimate of drug-likeness (QED) is 0.476. The molecule has 1 aliphatic heterocycles. The van der Waals surface area contributed by atoms with Gasteiger partial charge in [-0.1, -0.05) is 0 Å². The Morgan fingerprint density at radius 1 is 1.14 bits per heavy atom. The fourth-order valence-corrected chi connectivity index (χ4v) is 2.40. The second-order valence-electron chi connectivity index (χ2n) is 4.78. The molecule has 118 valence electrons. The van der Waals surface area contributed by atoms with E-state index >= 15 is 0 Å². The zero-order valence-electron chi connectivity index (χ0n) is 12.7. The van der Waals surface area contributed by atoms with Crippen LogP contribution >= 0.6 is 24.0 Å². The van der Waals surface area contributed by atoms with Crippen LogP contribution in [0.25, 0.3) is 0 Å². The normalized spacial score (nSPS) is 15.7. The molecule has 0 amide bonds. The van der Waals surface area contributed by atoms with Gasteiger partial charge >= 0.3 is 0 Å². The lowest BCUT2D eigenvalue weighted by Gasteiger charge is -2.37. The average molecular weight is 406 g/mol. The number of piperazine rings is 1. The van der Waals surface area contributed by atoms with E-state index in [1.54, 1.807) is 0 Å². The number of guanidine groups is 1. The van der Waals surface area contributed by atoms with Crippen molar-refractivity contribution in [3.8, 4) is 0 Å². The van der Waals surface area contributed by atoms with Crippen LogP contribution in [0.4, 0.5) is 10.1 Å². The van der Waals surface area contributed by atoms with Crippen LogP contribution in [-0.2, 0) is 0 Å². The van der Waals surface area contributed by atoms with Crippen molar-refractivity contribution in [1.82, 2.24) is 10.2 Å². The second kappa shape index (κ2) is 9.07. The largest absolute Gasteiger partial charge is 0.368 e. The van der Waals surface area contributed by atoms with Crippen molar-refractivity contribution >= 4 is 35.6 Å². The summed E-state index contributed by atoms with van der Waals surface area (Å²) in [4.78, 5) is 9.08. The summed E-state index contributed by atoms with van der Waals surface area (Å²) in [6.45, 7) is 9.54. The Morgan fingerprint density at radius 3 is 2.29 bits per heavy atom. The van der Waals surface area contributed by atoms with Crippen LogP contribution in [0.3, 0.4) is 0 Å². The molecule has 1 aromatic carbocycles. The third-order valence-electron chi connectivity index (χ3n) is 3.41. The highest BCUT2D eigenvalue weighted by molar-refractivity contribution is 14.0. The minimum atomic E-state index is -0.183. The minimum absolute atomic E-state index is 0. The van der Waals surface area contributed by atoms with E-state index in [4.69, 9.17) is 0 Å². The molecular formula is C15H24FIN4. The first-order chi connectivity index (χ1) is 9.74. The number of rotatable bonds is 3. The summed E-state index contributed by atoms with van der Waals surface area (Å²) >= 11 is 0. The van der Waals surface area contributed by atoms with Crippen molar-refractivity contribution < 1.29 is 4.39 Å². The molecule has 4 nitrogen and oxygen atoms in total. The van der Waals surface area contributed by atoms with Crippen molar-refractivity contribution in [3.05, 3.63) is 30.1 Å². The molecule has 0 atom stereocenters. The van der Waals surface area contributed by atoms with Crippen LogP contribution in [0.1, 0.15) is 13.8 Å². The van der Waals surface area contributed by atoms with Crippen molar-refractivity contribution in [2.24, 2.45) is 4.99 Å². The number of nitrogens with zero attached hydrogens (tertiary/aromatic N) is 3. The van der Waals surface area contributed by atoms with Gasteiger partial charge in [0.05, 0.1) is 0 Å². The molecule has 0 aromatic heterocycles. The SMILES string of the molecule is CCN=C(NCC)N1CCN(c2ccc(F)cc2)CC1.I. The van der Waals surface area contributed by atoms with Gasteiger partial charge in [0.2, 0.25) is 0 Å². The average Bonchev–Trinajstić information content (AvgIpc) is 2.48. The third kappa shape index (κ3) is 5.01. The van der Waals surface area contributed by atoms with Gasteiger partial charge in [-0.15, -0.1) is 24.0 Å². The Labute approximate surface area is 143 Å². The molecule has 1 saturated heterocycles. The first-order valence-corrected chi connectivity index (χ1v) is 7.28. The van der Waals surface area contributed by atoms with E-state index in [0.717, 1.165) is 50.9 Å². The smallest absolute Gasteiger partial charge is 0.194 e. The molecule has 1 N–H and O–H groups in total. The van der Waals surface area contributed by atoms with Crippen molar-refractivity contribution in [2.75, 3.05) is 44.2 Å². The zero-order valence-corrected chi connectivity index (χ0v) is 15.0. The highest BCUT2D eigenvalue weighted by Gasteiger charge is 2.19. The predicted molar refractivity (Wildman–Crippen MR) is 97.3 cm³/mol. The molecule has 2 rings (SSSR count). The number of aliphatic imine (C=N–C) groups is 1. The number of anilines is 1. The fourth-order valence-electron chi connectivity index (χ4n) is 2.40. The number of halogens is 2. The summed E-state index contributed by atoms with van der Waals surface area (Å²) in [5, 5.41) is 3.32. The molecule has 1 aliphatic rings. The number of benzene rings is 1. The lowest BCUT2D eigenvalue weighted by atomic mass is 10.2. The van der Waals surface area contributed by atoms with E-state index in [0.29, 0.717) is 0 Å². The van der Waals surface area contributed by atoms with Gasteiger partial charge in [0.15, 0.2) is 5.96 Å². The van der Waals surface area contributed by atoms with Crippen LogP contribution < -0.4 is 10.2 Å². The number of hydrogen-bond donors (Lipinski definition) is 1. The Kier molecular flexibility index (Phi) is 7.77. The van der Waals surface area contributed by atoms with E-state index < -0.39 is 0 Å². The van der Waals surface area contributed by atoms with Crippen LogP contribution in [0.15, 0.2) is 29.3 Å². The van der Waals surface area contributed by atoms with E-state index in [-0.39, 0.29) is 29.8 Å². The number of hydrogen-bond acceptors (Lipinski definition) is 2. The van der Waals surface area contributed by atoms with Crippen LogP contribution in [-0.4, -0.2) is 50.1 Å². The molecule has 21 heavy (non-hydrogen) atoms. The first kappa shape index (κ1) is 18.0. The third-order valence-corrected chi connectivity index (χ3v) is 3.41. The molecule has 0 spiro atoms. The Morgan fingerprint density at radius 2 is 1.76 bits per heavy atom. The Bertz CT molecular complexity index is 441. The summed E-state index contributed by atoms with van der Waals surface area (Å²) in [7, 11) is 0. The summed E-state index contributed by atoms with van der Waals surface area (Å²) in [6.07, 6.45) is 0. The lowest BCUT2D eigenvalue weighted by molar-refractivity contribution is 0.373. The van der Waals surface area contributed by atoms with E-state index in [1.807, 2.05) is 19.1 Å². The fraction of sp³-hybridized carbons (Fsp3) is 0.533. The van der Waals surface area contributed by atoms with Crippen LogP contribution in [0.5, 0.6) is 0 Å². The Hall–Kier alpha value is -1.05. The molecule has 0 radical (unpaired) electrons. The molecule has 0 saturated carbocycles. The summed E-state index contributed by atoms with van der Waals surface area (Å²) in [6, 6.07) is 6.72. The standard InChI is InChI=1S/C15H23FN4.HI/c1-3-17-15(18-4-2)20-11-9-19(10-12-20)14-7-5-13(16)6-8-14;/h5-8H,3-4,9-12H2,1-2H3,(H,17,18);1H. The Balaban J connectivity index is 0.00000220. The van der Waals surface area contributed by atoms with Gasteiger partial charge in [-0.2, -0.15) is 0 Å². The van der Waals surface area contributed by atoms with E-state index in [2.05, 4.69) is 27.0 Å². The lowest BCUT2D eigenvalue weighted by Crippen LogP contribution is -2.52. The molecule has 1 fully saturated rings. The van der Waals surface area contributed by atoms with Crippen molar-refractivity contribution in [2.45, 2.75) is 13.8 Å². The topological polar surface area (TPSA) is 30.9 Å². The minimum Gasteiger partial charge on any atom is -0.368 e. The van der Waals surface area contributed by atoms with E-state index in [9.17, 15) is 4.39 Å². The van der Waals surface area contributed by atoms with Crippen molar-refractivity contribution in [3.63, 3.8) is 0 Å². The maximum absolute atomic E-state index is 12.9. The maximum atomic E-state index is 12.9. The summed E-state index contributed by atoms with van der Waals surface area (Å²) < 4.78 is 12.9. The molecule has 0 unspecified atom stereocenters. The monoisotopic (exact) mass is 406 g/mol. The second-order valence-corrected chi connectivity index (χ2v) is 4.78. The van der Waals surface area contributed by atoms with E-state index in [1.165, 1.54) is 12.1 Å². The van der Waals surface area contributed by atoms with Gasteiger partial charge in [0, 0.05) is 45.0 Å². The molecule has 6 heteroatoms. The molecule has 1 aromatic rings. The predicted octanol–water partition coefficient (Wildman–Crippen LogP) is 2.55. The highest BCUT2D eigenvalue weighted by Crippen LogP contribution is 2.16. The van der Waals surface area contributed by atoms with Gasteiger partial charge in [-0.05, 0) is 38.1 Å². The van der Waals surface area contributed by atoms with Crippen LogP contribution in [0.2, 0.25) is 0 Å². The van der Waals surface area contributed by atoms with Gasteiger partial charge in [-0.3, -0.25) is 4.99 Å². The molecular weight excluding hydrogens is 382 g/mol. The van der Waals surface area contributed by atoms with Gasteiger partial charge < -0.3 is 15.1 Å². The maximum Gasteiger partial charge on any atom is 0.194 e. The summed E-state index contributed by atoms with van der Waals surface area (Å²) in [5.74, 6) is 0.811. The molecule has 0 bridgehead atoms. The molecule has 1 heterocycles.